The lowest BCUT2D eigenvalue weighted by Crippen LogP contribution is -1.96. The van der Waals surface area contributed by atoms with Gasteiger partial charge in [-0.2, -0.15) is 10.4 Å². The van der Waals surface area contributed by atoms with Gasteiger partial charge in [-0.15, -0.1) is 0 Å². The summed E-state index contributed by atoms with van der Waals surface area (Å²) >= 11 is 0. The molecule has 0 aliphatic rings. The van der Waals surface area contributed by atoms with E-state index in [9.17, 15) is 5.11 Å². The number of aliphatic hydroxyl groups is 1. The Morgan fingerprint density at radius 2 is 2.28 bits per heavy atom. The lowest BCUT2D eigenvalue weighted by molar-refractivity contribution is 0.195. The summed E-state index contributed by atoms with van der Waals surface area (Å²) in [6, 6.07) is 6.99. The molecule has 5 nitrogen and oxygen atoms in total. The number of nitriles is 1. The van der Waals surface area contributed by atoms with E-state index in [4.69, 9.17) is 10.00 Å². The van der Waals surface area contributed by atoms with E-state index in [0.717, 1.165) is 0 Å². The van der Waals surface area contributed by atoms with Crippen molar-refractivity contribution in [2.45, 2.75) is 13.0 Å². The summed E-state index contributed by atoms with van der Waals surface area (Å²) in [6.07, 6.45) is 2.62. The lowest BCUT2D eigenvalue weighted by Gasteiger charge is -2.12. The largest absolute Gasteiger partial charge is 0.454 e. The van der Waals surface area contributed by atoms with Gasteiger partial charge < -0.3 is 9.84 Å². The zero-order chi connectivity index (χ0) is 13.1. The molecule has 0 spiro atoms. The molecule has 0 bridgehead atoms. The number of aryl methyl sites for hydroxylation is 1. The van der Waals surface area contributed by atoms with Crippen molar-refractivity contribution >= 4 is 0 Å². The summed E-state index contributed by atoms with van der Waals surface area (Å²) in [5, 5.41) is 22.5. The highest BCUT2D eigenvalue weighted by molar-refractivity contribution is 5.45. The summed E-state index contributed by atoms with van der Waals surface area (Å²) in [5.74, 6) is 1.03. The molecule has 0 radical (unpaired) electrons. The molecule has 2 aromatic rings. The number of hydrogen-bond acceptors (Lipinski definition) is 4. The summed E-state index contributed by atoms with van der Waals surface area (Å²) in [4.78, 5) is 0. The van der Waals surface area contributed by atoms with Crippen LogP contribution in [0.5, 0.6) is 11.5 Å². The fraction of sp³-hybridized carbons (Fsp3) is 0.231. The smallest absolute Gasteiger partial charge is 0.165 e. The molecular weight excluding hydrogens is 230 g/mol. The molecular formula is C13H13N3O2. The number of aromatic nitrogens is 2. The third-order valence-electron chi connectivity index (χ3n) is 2.50. The number of benzene rings is 1. The molecule has 18 heavy (non-hydrogen) atoms. The van der Waals surface area contributed by atoms with Crippen LogP contribution < -0.4 is 4.74 Å². The van der Waals surface area contributed by atoms with Gasteiger partial charge in [0.25, 0.3) is 0 Å². The van der Waals surface area contributed by atoms with Crippen LogP contribution >= 0.6 is 0 Å². The average Bonchev–Trinajstić information content (AvgIpc) is 2.74. The van der Waals surface area contributed by atoms with Crippen LogP contribution in [0, 0.1) is 11.3 Å². The predicted octanol–water partition coefficient (Wildman–Crippen LogP) is 2.14. The van der Waals surface area contributed by atoms with Gasteiger partial charge in [0.2, 0.25) is 0 Å². The molecule has 1 heterocycles. The van der Waals surface area contributed by atoms with Gasteiger partial charge in [-0.05, 0) is 19.1 Å². The molecule has 92 valence electrons. The first-order valence-corrected chi connectivity index (χ1v) is 5.49. The van der Waals surface area contributed by atoms with E-state index >= 15 is 0 Å². The van der Waals surface area contributed by atoms with Crippen molar-refractivity contribution in [3.05, 3.63) is 41.7 Å². The average molecular weight is 243 g/mol. The van der Waals surface area contributed by atoms with Gasteiger partial charge in [0.05, 0.1) is 30.1 Å². The zero-order valence-electron chi connectivity index (χ0n) is 10.2. The van der Waals surface area contributed by atoms with E-state index in [1.165, 1.54) is 0 Å². The van der Waals surface area contributed by atoms with Crippen LogP contribution in [0.4, 0.5) is 0 Å². The van der Waals surface area contributed by atoms with Gasteiger partial charge in [0.15, 0.2) is 5.75 Å². The second-order valence-corrected chi connectivity index (χ2v) is 3.99. The number of hydrogen-bond donors (Lipinski definition) is 1. The number of rotatable bonds is 3. The molecule has 0 saturated heterocycles. The predicted molar refractivity (Wildman–Crippen MR) is 65.1 cm³/mol. The van der Waals surface area contributed by atoms with Crippen molar-refractivity contribution in [3.63, 3.8) is 0 Å². The van der Waals surface area contributed by atoms with Gasteiger partial charge in [-0.3, -0.25) is 4.68 Å². The Labute approximate surface area is 105 Å². The minimum absolute atomic E-state index is 0.469. The number of aliphatic hydroxyl groups excluding tert-OH is 1. The summed E-state index contributed by atoms with van der Waals surface area (Å²) in [5.41, 5.74) is 1.12. The maximum Gasteiger partial charge on any atom is 0.165 e. The first-order valence-electron chi connectivity index (χ1n) is 5.49. The van der Waals surface area contributed by atoms with Gasteiger partial charge in [0.1, 0.15) is 5.75 Å². The zero-order valence-corrected chi connectivity index (χ0v) is 10.2. The highest BCUT2D eigenvalue weighted by Gasteiger charge is 2.11. The molecule has 0 aliphatic heterocycles. The minimum Gasteiger partial charge on any atom is -0.454 e. The normalized spacial score (nSPS) is 11.9. The van der Waals surface area contributed by atoms with Crippen molar-refractivity contribution in [3.8, 4) is 17.6 Å². The first-order chi connectivity index (χ1) is 8.60. The Morgan fingerprint density at radius 3 is 2.83 bits per heavy atom. The topological polar surface area (TPSA) is 71.1 Å². The van der Waals surface area contributed by atoms with Crippen LogP contribution in [0.15, 0.2) is 30.6 Å². The van der Waals surface area contributed by atoms with Crippen molar-refractivity contribution in [2.75, 3.05) is 0 Å². The Morgan fingerprint density at radius 1 is 1.50 bits per heavy atom. The second-order valence-electron chi connectivity index (χ2n) is 3.99. The van der Waals surface area contributed by atoms with Crippen molar-refractivity contribution in [1.82, 2.24) is 9.78 Å². The Kier molecular flexibility index (Phi) is 3.31. The molecule has 0 amide bonds. The van der Waals surface area contributed by atoms with Crippen LogP contribution in [-0.2, 0) is 7.05 Å². The second kappa shape index (κ2) is 4.90. The van der Waals surface area contributed by atoms with Crippen LogP contribution in [0.25, 0.3) is 0 Å². The monoisotopic (exact) mass is 243 g/mol. The standard InChI is InChI=1S/C13H13N3O2/c1-9(17)12-4-3-10(6-14)5-13(12)18-11-7-15-16(2)8-11/h3-5,7-9,17H,1-2H3. The van der Waals surface area contributed by atoms with Crippen molar-refractivity contribution < 1.29 is 9.84 Å². The SMILES string of the molecule is CC(O)c1ccc(C#N)cc1Oc1cnn(C)c1. The highest BCUT2D eigenvalue weighted by Crippen LogP contribution is 2.30. The van der Waals surface area contributed by atoms with E-state index in [1.54, 1.807) is 49.2 Å². The Hall–Kier alpha value is -2.32. The van der Waals surface area contributed by atoms with Gasteiger partial charge in [-0.1, -0.05) is 6.07 Å². The summed E-state index contributed by atoms with van der Waals surface area (Å²) < 4.78 is 7.26. The third-order valence-corrected chi connectivity index (χ3v) is 2.50. The fourth-order valence-corrected chi connectivity index (χ4v) is 1.62. The molecule has 0 saturated carbocycles. The van der Waals surface area contributed by atoms with Gasteiger partial charge in [-0.25, -0.2) is 0 Å². The van der Waals surface area contributed by atoms with Gasteiger partial charge in [0, 0.05) is 12.6 Å². The maximum atomic E-state index is 9.67. The van der Waals surface area contributed by atoms with Crippen molar-refractivity contribution in [2.24, 2.45) is 7.05 Å². The fourth-order valence-electron chi connectivity index (χ4n) is 1.62. The first kappa shape index (κ1) is 12.1. The molecule has 1 unspecified atom stereocenters. The third kappa shape index (κ3) is 2.50. The molecule has 1 aromatic carbocycles. The van der Waals surface area contributed by atoms with Crippen LogP contribution in [-0.4, -0.2) is 14.9 Å². The van der Waals surface area contributed by atoms with E-state index in [1.807, 2.05) is 6.07 Å². The molecule has 1 N–H and O–H groups in total. The minimum atomic E-state index is -0.663. The molecule has 0 fully saturated rings. The molecule has 5 heteroatoms. The van der Waals surface area contributed by atoms with E-state index in [0.29, 0.717) is 22.6 Å². The van der Waals surface area contributed by atoms with Crippen LogP contribution in [0.1, 0.15) is 24.2 Å². The van der Waals surface area contributed by atoms with E-state index in [-0.39, 0.29) is 0 Å². The lowest BCUT2D eigenvalue weighted by atomic mass is 10.1. The van der Waals surface area contributed by atoms with Crippen LogP contribution in [0.3, 0.4) is 0 Å². The highest BCUT2D eigenvalue weighted by atomic mass is 16.5. The number of ether oxygens (including phenoxy) is 1. The number of nitrogens with zero attached hydrogens (tertiary/aromatic N) is 3. The summed E-state index contributed by atoms with van der Waals surface area (Å²) in [6.45, 7) is 1.65. The molecule has 1 atom stereocenters. The van der Waals surface area contributed by atoms with Gasteiger partial charge >= 0.3 is 0 Å². The summed E-state index contributed by atoms with van der Waals surface area (Å²) in [7, 11) is 1.79. The quantitative estimate of drug-likeness (QED) is 0.896. The van der Waals surface area contributed by atoms with Crippen molar-refractivity contribution in [1.29, 1.82) is 5.26 Å². The maximum absolute atomic E-state index is 9.67. The molecule has 1 aromatic heterocycles. The van der Waals surface area contributed by atoms with E-state index in [2.05, 4.69) is 5.10 Å². The molecule has 2 rings (SSSR count). The van der Waals surface area contributed by atoms with Crippen LogP contribution in [0.2, 0.25) is 0 Å². The Bertz CT molecular complexity index is 597. The Balaban J connectivity index is 2.38. The molecule has 0 aliphatic carbocycles. The van der Waals surface area contributed by atoms with E-state index < -0.39 is 6.10 Å².